The van der Waals surface area contributed by atoms with Gasteiger partial charge in [-0.2, -0.15) is 0 Å². The number of thiophene rings is 1. The van der Waals surface area contributed by atoms with E-state index in [1.807, 2.05) is 93.4 Å². The highest BCUT2D eigenvalue weighted by Crippen LogP contribution is 2.34. The maximum absolute atomic E-state index is 13.7. The Balaban J connectivity index is 1.41. The Morgan fingerprint density at radius 3 is 2.30 bits per heavy atom. The summed E-state index contributed by atoms with van der Waals surface area (Å²) in [6.45, 7) is 4.02. The predicted octanol–water partition coefficient (Wildman–Crippen LogP) is 5.70. The summed E-state index contributed by atoms with van der Waals surface area (Å²) in [7, 11) is 1.64. The molecule has 2 amide bonds. The SMILES string of the molecule is COc1ccc(-c2cc(C(=O)N3CCN(C(=O)Cc4cccs4)CC3)c(C)n2-c2ccccc2Cl)cc1. The molecule has 2 aromatic heterocycles. The van der Waals surface area contributed by atoms with E-state index < -0.39 is 0 Å². The molecule has 1 fully saturated rings. The maximum atomic E-state index is 13.7. The summed E-state index contributed by atoms with van der Waals surface area (Å²) in [5, 5.41) is 2.59. The molecular formula is C29H28ClN3O3S. The van der Waals surface area contributed by atoms with Gasteiger partial charge in [-0.15, -0.1) is 11.3 Å². The fourth-order valence-electron chi connectivity index (χ4n) is 4.74. The first kappa shape index (κ1) is 25.1. The average molecular weight is 534 g/mol. The van der Waals surface area contributed by atoms with Crippen molar-refractivity contribution >= 4 is 34.8 Å². The minimum Gasteiger partial charge on any atom is -0.497 e. The molecule has 0 spiro atoms. The van der Waals surface area contributed by atoms with E-state index in [4.69, 9.17) is 16.3 Å². The van der Waals surface area contributed by atoms with Gasteiger partial charge in [-0.3, -0.25) is 9.59 Å². The van der Waals surface area contributed by atoms with Crippen LogP contribution in [0, 0.1) is 6.92 Å². The molecule has 4 aromatic rings. The number of hydrogen-bond acceptors (Lipinski definition) is 4. The summed E-state index contributed by atoms with van der Waals surface area (Å²) >= 11 is 8.19. The quantitative estimate of drug-likeness (QED) is 0.319. The molecule has 0 atom stereocenters. The maximum Gasteiger partial charge on any atom is 0.255 e. The number of ether oxygens (including phenoxy) is 1. The Morgan fingerprint density at radius 2 is 1.65 bits per heavy atom. The predicted molar refractivity (Wildman–Crippen MR) is 148 cm³/mol. The number of para-hydroxylation sites is 1. The van der Waals surface area contributed by atoms with Gasteiger partial charge >= 0.3 is 0 Å². The normalized spacial score (nSPS) is 13.6. The topological polar surface area (TPSA) is 54.8 Å². The van der Waals surface area contributed by atoms with E-state index in [2.05, 4.69) is 0 Å². The van der Waals surface area contributed by atoms with E-state index in [1.165, 1.54) is 0 Å². The molecule has 0 aliphatic carbocycles. The van der Waals surface area contributed by atoms with Gasteiger partial charge in [0.1, 0.15) is 5.75 Å². The number of benzene rings is 2. The van der Waals surface area contributed by atoms with Crippen LogP contribution in [-0.2, 0) is 11.2 Å². The van der Waals surface area contributed by atoms with Gasteiger partial charge in [0.2, 0.25) is 5.91 Å². The number of amides is 2. The lowest BCUT2D eigenvalue weighted by Crippen LogP contribution is -2.51. The second kappa shape index (κ2) is 10.8. The van der Waals surface area contributed by atoms with Crippen molar-refractivity contribution in [3.8, 4) is 22.7 Å². The van der Waals surface area contributed by atoms with Crippen molar-refractivity contribution in [3.05, 3.63) is 93.3 Å². The minimum absolute atomic E-state index is 0.0385. The zero-order valence-electron chi connectivity index (χ0n) is 20.8. The van der Waals surface area contributed by atoms with E-state index in [-0.39, 0.29) is 11.8 Å². The van der Waals surface area contributed by atoms with Gasteiger partial charge in [0, 0.05) is 36.8 Å². The molecule has 0 radical (unpaired) electrons. The fraction of sp³-hybridized carbons (Fsp3) is 0.241. The fourth-order valence-corrected chi connectivity index (χ4v) is 5.66. The summed E-state index contributed by atoms with van der Waals surface area (Å²) in [5.41, 5.74) is 4.09. The summed E-state index contributed by atoms with van der Waals surface area (Å²) in [4.78, 5) is 31.2. The largest absolute Gasteiger partial charge is 0.497 e. The molecule has 1 aliphatic rings. The highest BCUT2D eigenvalue weighted by molar-refractivity contribution is 7.10. The highest BCUT2D eigenvalue weighted by Gasteiger charge is 2.28. The second-order valence-electron chi connectivity index (χ2n) is 8.97. The minimum atomic E-state index is -0.0385. The molecule has 0 N–H and O–H groups in total. The highest BCUT2D eigenvalue weighted by atomic mass is 35.5. The molecular weight excluding hydrogens is 506 g/mol. The Morgan fingerprint density at radius 1 is 0.946 bits per heavy atom. The first-order chi connectivity index (χ1) is 18.0. The van der Waals surface area contributed by atoms with Gasteiger partial charge in [-0.1, -0.05) is 29.8 Å². The Bertz CT molecular complexity index is 1400. The van der Waals surface area contributed by atoms with Crippen LogP contribution < -0.4 is 4.74 Å². The van der Waals surface area contributed by atoms with Gasteiger partial charge in [0.05, 0.1) is 35.5 Å². The smallest absolute Gasteiger partial charge is 0.255 e. The average Bonchev–Trinajstić information content (AvgIpc) is 3.56. The Kier molecular flexibility index (Phi) is 7.35. The van der Waals surface area contributed by atoms with Crippen LogP contribution in [0.1, 0.15) is 20.9 Å². The number of piperazine rings is 1. The number of nitrogens with zero attached hydrogens (tertiary/aromatic N) is 3. The van der Waals surface area contributed by atoms with Gasteiger partial charge in [-0.05, 0) is 66.4 Å². The molecule has 37 heavy (non-hydrogen) atoms. The van der Waals surface area contributed by atoms with Crippen molar-refractivity contribution in [1.82, 2.24) is 14.4 Å². The lowest BCUT2D eigenvalue weighted by atomic mass is 10.1. The molecule has 0 saturated carbocycles. The van der Waals surface area contributed by atoms with Crippen LogP contribution in [0.25, 0.3) is 16.9 Å². The zero-order chi connectivity index (χ0) is 25.9. The lowest BCUT2D eigenvalue weighted by molar-refractivity contribution is -0.131. The number of carbonyl (C=O) groups excluding carboxylic acids is 2. The second-order valence-corrected chi connectivity index (χ2v) is 10.4. The molecule has 3 heterocycles. The van der Waals surface area contributed by atoms with Crippen molar-refractivity contribution in [2.24, 2.45) is 0 Å². The first-order valence-corrected chi connectivity index (χ1v) is 13.4. The van der Waals surface area contributed by atoms with Crippen LogP contribution in [0.5, 0.6) is 5.75 Å². The lowest BCUT2D eigenvalue weighted by Gasteiger charge is -2.34. The number of aromatic nitrogens is 1. The van der Waals surface area contributed by atoms with Crippen LogP contribution in [0.2, 0.25) is 5.02 Å². The van der Waals surface area contributed by atoms with E-state index in [9.17, 15) is 9.59 Å². The zero-order valence-corrected chi connectivity index (χ0v) is 22.4. The number of halogens is 1. The Hall–Kier alpha value is -3.55. The summed E-state index contributed by atoms with van der Waals surface area (Å²) in [5.74, 6) is 0.833. The van der Waals surface area contributed by atoms with E-state index in [1.54, 1.807) is 18.4 Å². The van der Waals surface area contributed by atoms with Gasteiger partial charge in [-0.25, -0.2) is 0 Å². The molecule has 0 bridgehead atoms. The summed E-state index contributed by atoms with van der Waals surface area (Å²) < 4.78 is 7.36. The number of carbonyl (C=O) groups is 2. The van der Waals surface area contributed by atoms with Crippen molar-refractivity contribution in [3.63, 3.8) is 0 Å². The molecule has 5 rings (SSSR count). The number of rotatable bonds is 6. The van der Waals surface area contributed by atoms with E-state index >= 15 is 0 Å². The van der Waals surface area contributed by atoms with Gasteiger partial charge in [0.25, 0.3) is 5.91 Å². The van der Waals surface area contributed by atoms with Crippen molar-refractivity contribution in [1.29, 1.82) is 0 Å². The first-order valence-electron chi connectivity index (χ1n) is 12.2. The molecule has 2 aromatic carbocycles. The van der Waals surface area contributed by atoms with Crippen LogP contribution in [-0.4, -0.2) is 59.5 Å². The van der Waals surface area contributed by atoms with Crippen molar-refractivity contribution in [2.45, 2.75) is 13.3 Å². The third-order valence-electron chi connectivity index (χ3n) is 6.78. The molecule has 8 heteroatoms. The number of methoxy groups -OCH3 is 1. The van der Waals surface area contributed by atoms with Crippen LogP contribution in [0.3, 0.4) is 0 Å². The third kappa shape index (κ3) is 5.15. The monoisotopic (exact) mass is 533 g/mol. The molecule has 0 unspecified atom stereocenters. The third-order valence-corrected chi connectivity index (χ3v) is 7.98. The molecule has 1 saturated heterocycles. The molecule has 1 aliphatic heterocycles. The van der Waals surface area contributed by atoms with Crippen molar-refractivity contribution < 1.29 is 14.3 Å². The van der Waals surface area contributed by atoms with Crippen molar-refractivity contribution in [2.75, 3.05) is 33.3 Å². The Labute approximate surface area is 225 Å². The van der Waals surface area contributed by atoms with E-state index in [0.29, 0.717) is 43.2 Å². The van der Waals surface area contributed by atoms with Gasteiger partial charge in [0.15, 0.2) is 0 Å². The van der Waals surface area contributed by atoms with Gasteiger partial charge < -0.3 is 19.1 Å². The standard InChI is InChI=1S/C29H28ClN3O3S/c1-20-24(29(35)32-15-13-31(14-16-32)28(34)18-23-6-5-17-37-23)19-27(21-9-11-22(36-2)12-10-21)33(20)26-8-4-3-7-25(26)30/h3-12,17,19H,13-16,18H2,1-2H3. The summed E-state index contributed by atoms with van der Waals surface area (Å²) in [6, 6.07) is 21.3. The van der Waals surface area contributed by atoms with E-state index in [0.717, 1.165) is 33.3 Å². The summed E-state index contributed by atoms with van der Waals surface area (Å²) in [6.07, 6.45) is 0.413. The molecule has 6 nitrogen and oxygen atoms in total. The van der Waals surface area contributed by atoms with Crippen LogP contribution >= 0.6 is 22.9 Å². The number of hydrogen-bond donors (Lipinski definition) is 0. The molecule has 190 valence electrons. The van der Waals surface area contributed by atoms with Crippen LogP contribution in [0.4, 0.5) is 0 Å². The van der Waals surface area contributed by atoms with Crippen LogP contribution in [0.15, 0.2) is 72.1 Å².